The van der Waals surface area contributed by atoms with Crippen molar-refractivity contribution in [1.29, 1.82) is 0 Å². The Bertz CT molecular complexity index is 776. The van der Waals surface area contributed by atoms with Crippen LogP contribution in [0.25, 0.3) is 10.9 Å². The molecule has 0 unspecified atom stereocenters. The van der Waals surface area contributed by atoms with Gasteiger partial charge in [0, 0.05) is 23.9 Å². The van der Waals surface area contributed by atoms with E-state index in [0.29, 0.717) is 31.5 Å². The number of benzene rings is 1. The van der Waals surface area contributed by atoms with Gasteiger partial charge in [0.2, 0.25) is 5.28 Å². The minimum Gasteiger partial charge on any atom is -0.379 e. The van der Waals surface area contributed by atoms with Gasteiger partial charge in [0.1, 0.15) is 30.8 Å². The molecule has 112 valence electrons. The van der Waals surface area contributed by atoms with Crippen molar-refractivity contribution in [3.63, 3.8) is 0 Å². The van der Waals surface area contributed by atoms with Gasteiger partial charge in [0.15, 0.2) is 0 Å². The first-order valence-corrected chi connectivity index (χ1v) is 7.39. The quantitative estimate of drug-likeness (QED) is 0.590. The van der Waals surface area contributed by atoms with Crippen LogP contribution >= 0.6 is 11.6 Å². The Morgan fingerprint density at radius 3 is 3.00 bits per heavy atom. The summed E-state index contributed by atoms with van der Waals surface area (Å²) in [6.07, 6.45) is 0.975. The Hall–Kier alpha value is -1.47. The largest absolute Gasteiger partial charge is 0.379 e. The fraction of sp³-hybridized carbons (Fsp3) is 0.429. The standard InChI is InChI=1S/C14H11BClF2N3O/c15-10-8(17)4-7-12(11(10)18)19-14(16)20-13(7)21-1-2-22-5-6-3-9(6)21/h4,6,9H,1-3,5H2/t6-,9-/m1/s1. The lowest BCUT2D eigenvalue weighted by Crippen LogP contribution is -2.30. The number of ether oxygens (including phenoxy) is 1. The number of hydrogen-bond acceptors (Lipinski definition) is 4. The molecular weight excluding hydrogens is 310 g/mol. The van der Waals surface area contributed by atoms with Gasteiger partial charge in [-0.15, -0.1) is 0 Å². The van der Waals surface area contributed by atoms with Crippen LogP contribution in [0.5, 0.6) is 0 Å². The maximum Gasteiger partial charge on any atom is 0.225 e. The number of rotatable bonds is 1. The minimum atomic E-state index is -0.904. The van der Waals surface area contributed by atoms with E-state index in [1.807, 2.05) is 4.90 Å². The van der Waals surface area contributed by atoms with Crippen LogP contribution in [-0.4, -0.2) is 43.6 Å². The highest BCUT2D eigenvalue weighted by Gasteiger charge is 2.44. The molecule has 0 N–H and O–H groups in total. The van der Waals surface area contributed by atoms with Gasteiger partial charge in [-0.2, -0.15) is 4.98 Å². The first-order chi connectivity index (χ1) is 10.6. The van der Waals surface area contributed by atoms with Crippen molar-refractivity contribution >= 4 is 41.6 Å². The molecule has 1 saturated carbocycles. The molecule has 2 aliphatic rings. The SMILES string of the molecule is [B]c1c(F)cc2c(N3CCOC[C@H]4C[C@H]43)nc(Cl)nc2c1F. The molecule has 1 aliphatic carbocycles. The molecule has 2 aromatic rings. The van der Waals surface area contributed by atoms with Crippen LogP contribution in [0.2, 0.25) is 5.28 Å². The average Bonchev–Trinajstić information content (AvgIpc) is 3.25. The van der Waals surface area contributed by atoms with Gasteiger partial charge < -0.3 is 9.64 Å². The summed E-state index contributed by atoms with van der Waals surface area (Å²) in [6, 6.07) is 1.43. The summed E-state index contributed by atoms with van der Waals surface area (Å²) in [7, 11) is 5.40. The number of fused-ring (bicyclic) bond motifs is 2. The average molecular weight is 322 g/mol. The van der Waals surface area contributed by atoms with Crippen LogP contribution in [0.1, 0.15) is 6.42 Å². The highest BCUT2D eigenvalue weighted by molar-refractivity contribution is 6.34. The van der Waals surface area contributed by atoms with E-state index in [1.165, 1.54) is 6.07 Å². The number of hydrogen-bond donors (Lipinski definition) is 0. The van der Waals surface area contributed by atoms with Crippen LogP contribution in [-0.2, 0) is 4.74 Å². The lowest BCUT2D eigenvalue weighted by atomic mass is 9.93. The van der Waals surface area contributed by atoms with Crippen molar-refractivity contribution in [2.24, 2.45) is 5.92 Å². The summed E-state index contributed by atoms with van der Waals surface area (Å²) in [4.78, 5) is 10.1. The fourth-order valence-electron chi connectivity index (χ4n) is 3.01. The first-order valence-electron chi connectivity index (χ1n) is 7.01. The molecular formula is C14H11BClF2N3O. The van der Waals surface area contributed by atoms with Crippen molar-refractivity contribution in [2.75, 3.05) is 24.7 Å². The van der Waals surface area contributed by atoms with Crippen LogP contribution < -0.4 is 10.4 Å². The smallest absolute Gasteiger partial charge is 0.225 e. The Kier molecular flexibility index (Phi) is 3.23. The zero-order chi connectivity index (χ0) is 15.4. The molecule has 4 nitrogen and oxygen atoms in total. The summed E-state index contributed by atoms with van der Waals surface area (Å²) < 4.78 is 33.6. The third-order valence-electron chi connectivity index (χ3n) is 4.24. The summed E-state index contributed by atoms with van der Waals surface area (Å²) >= 11 is 5.93. The van der Waals surface area contributed by atoms with E-state index < -0.39 is 17.1 Å². The van der Waals surface area contributed by atoms with E-state index in [2.05, 4.69) is 9.97 Å². The summed E-state index contributed by atoms with van der Waals surface area (Å²) in [5.41, 5.74) is -0.618. The van der Waals surface area contributed by atoms with Gasteiger partial charge in [-0.1, -0.05) is 0 Å². The molecule has 2 radical (unpaired) electrons. The molecule has 1 aliphatic heterocycles. The molecule has 1 aromatic heterocycles. The molecule has 1 saturated heterocycles. The predicted molar refractivity (Wildman–Crippen MR) is 79.9 cm³/mol. The monoisotopic (exact) mass is 321 g/mol. The zero-order valence-corrected chi connectivity index (χ0v) is 12.3. The molecule has 2 heterocycles. The zero-order valence-electron chi connectivity index (χ0n) is 11.5. The van der Waals surface area contributed by atoms with E-state index >= 15 is 0 Å². The summed E-state index contributed by atoms with van der Waals surface area (Å²) in [5.74, 6) is -0.866. The van der Waals surface area contributed by atoms with Gasteiger partial charge in [0.05, 0.1) is 13.2 Å². The minimum absolute atomic E-state index is 0.0590. The lowest BCUT2D eigenvalue weighted by Gasteiger charge is -2.24. The maximum atomic E-state index is 14.2. The molecule has 0 amide bonds. The molecule has 1 aromatic carbocycles. The molecule has 4 rings (SSSR count). The highest BCUT2D eigenvalue weighted by Crippen LogP contribution is 2.41. The van der Waals surface area contributed by atoms with E-state index in [9.17, 15) is 8.78 Å². The third-order valence-corrected chi connectivity index (χ3v) is 4.41. The van der Waals surface area contributed by atoms with Crippen molar-refractivity contribution in [2.45, 2.75) is 12.5 Å². The number of aromatic nitrogens is 2. The normalized spacial score (nSPS) is 24.2. The molecule has 2 atom stereocenters. The van der Waals surface area contributed by atoms with Crippen molar-refractivity contribution < 1.29 is 13.5 Å². The lowest BCUT2D eigenvalue weighted by molar-refractivity contribution is 0.139. The van der Waals surface area contributed by atoms with Crippen LogP contribution in [0.15, 0.2) is 6.07 Å². The third kappa shape index (κ3) is 2.15. The highest BCUT2D eigenvalue weighted by atomic mass is 35.5. The molecule has 0 spiro atoms. The second kappa shape index (κ2) is 5.03. The topological polar surface area (TPSA) is 38.2 Å². The Morgan fingerprint density at radius 2 is 2.18 bits per heavy atom. The molecule has 0 bridgehead atoms. The van der Waals surface area contributed by atoms with Gasteiger partial charge in [-0.3, -0.25) is 0 Å². The van der Waals surface area contributed by atoms with Gasteiger partial charge in [-0.05, 0) is 29.6 Å². The second-order valence-corrected chi connectivity index (χ2v) is 5.97. The predicted octanol–water partition coefficient (Wildman–Crippen LogP) is 1.58. The number of anilines is 1. The Morgan fingerprint density at radius 1 is 1.36 bits per heavy atom. The number of nitrogens with zero attached hydrogens (tertiary/aromatic N) is 3. The van der Waals surface area contributed by atoms with Crippen molar-refractivity contribution in [3.05, 3.63) is 23.0 Å². The van der Waals surface area contributed by atoms with Crippen molar-refractivity contribution in [3.8, 4) is 0 Å². The van der Waals surface area contributed by atoms with Gasteiger partial charge in [-0.25, -0.2) is 13.8 Å². The molecule has 2 fully saturated rings. The molecule has 8 heteroatoms. The van der Waals surface area contributed by atoms with Crippen LogP contribution in [0.3, 0.4) is 0 Å². The molecule has 22 heavy (non-hydrogen) atoms. The second-order valence-electron chi connectivity index (χ2n) is 5.63. The van der Waals surface area contributed by atoms with E-state index in [4.69, 9.17) is 24.2 Å². The van der Waals surface area contributed by atoms with E-state index in [0.717, 1.165) is 6.42 Å². The summed E-state index contributed by atoms with van der Waals surface area (Å²) in [6.45, 7) is 1.83. The Balaban J connectivity index is 1.93. The van der Waals surface area contributed by atoms with Crippen molar-refractivity contribution in [1.82, 2.24) is 9.97 Å². The first kappa shape index (κ1) is 14.1. The van der Waals surface area contributed by atoms with Gasteiger partial charge in [0.25, 0.3) is 0 Å². The van der Waals surface area contributed by atoms with E-state index in [1.54, 1.807) is 0 Å². The number of halogens is 3. The maximum absolute atomic E-state index is 14.2. The van der Waals surface area contributed by atoms with E-state index in [-0.39, 0.29) is 22.2 Å². The fourth-order valence-corrected chi connectivity index (χ4v) is 3.17. The van der Waals surface area contributed by atoms with Crippen LogP contribution in [0, 0.1) is 17.6 Å². The van der Waals surface area contributed by atoms with Crippen LogP contribution in [0.4, 0.5) is 14.6 Å². The summed E-state index contributed by atoms with van der Waals surface area (Å²) in [5, 5.41) is 0.191. The Labute approximate surface area is 131 Å². The van der Waals surface area contributed by atoms with Gasteiger partial charge >= 0.3 is 0 Å².